The summed E-state index contributed by atoms with van der Waals surface area (Å²) >= 11 is 0. The van der Waals surface area contributed by atoms with E-state index in [0.29, 0.717) is 5.88 Å². The zero-order valence-electron chi connectivity index (χ0n) is 13.4. The van der Waals surface area contributed by atoms with Crippen LogP contribution < -0.4 is 4.74 Å². The van der Waals surface area contributed by atoms with Crippen LogP contribution in [0.1, 0.15) is 5.56 Å². The minimum atomic E-state index is -0.281. The highest BCUT2D eigenvalue weighted by Crippen LogP contribution is 2.30. The lowest BCUT2D eigenvalue weighted by atomic mass is 10.1. The standard InChI is InChI=1S/C21H15FN2O/c22-17-10-6-7-15(13-17)14-25-21-19-12-5-4-11-18(19)20(23-24-21)16-8-2-1-3-9-16/h1-13H,14H2. The predicted octanol–water partition coefficient (Wildman–Crippen LogP) is 5.01. The Morgan fingerprint density at radius 3 is 2.32 bits per heavy atom. The van der Waals surface area contributed by atoms with Crippen LogP contribution in [0, 0.1) is 5.82 Å². The maximum Gasteiger partial charge on any atom is 0.241 e. The Balaban J connectivity index is 1.71. The monoisotopic (exact) mass is 330 g/mol. The zero-order chi connectivity index (χ0) is 17.1. The van der Waals surface area contributed by atoms with E-state index in [1.54, 1.807) is 6.07 Å². The number of halogens is 1. The van der Waals surface area contributed by atoms with E-state index in [1.807, 2.05) is 60.7 Å². The van der Waals surface area contributed by atoms with Gasteiger partial charge in [0, 0.05) is 16.3 Å². The molecule has 4 rings (SSSR count). The molecule has 0 aliphatic rings. The molecule has 0 unspecified atom stereocenters. The average molecular weight is 330 g/mol. The molecule has 0 bridgehead atoms. The topological polar surface area (TPSA) is 35.0 Å². The van der Waals surface area contributed by atoms with Gasteiger partial charge in [-0.1, -0.05) is 60.7 Å². The number of fused-ring (bicyclic) bond motifs is 1. The zero-order valence-corrected chi connectivity index (χ0v) is 13.4. The molecule has 0 N–H and O–H groups in total. The van der Waals surface area contributed by atoms with Crippen LogP contribution in [-0.2, 0) is 6.61 Å². The van der Waals surface area contributed by atoms with E-state index in [0.717, 1.165) is 27.6 Å². The summed E-state index contributed by atoms with van der Waals surface area (Å²) in [5, 5.41) is 10.5. The summed E-state index contributed by atoms with van der Waals surface area (Å²) in [6, 6.07) is 24.1. The summed E-state index contributed by atoms with van der Waals surface area (Å²) in [4.78, 5) is 0. The van der Waals surface area contributed by atoms with Gasteiger partial charge in [-0.05, 0) is 23.8 Å². The van der Waals surface area contributed by atoms with Crippen LogP contribution >= 0.6 is 0 Å². The highest BCUT2D eigenvalue weighted by Gasteiger charge is 2.11. The fourth-order valence-electron chi connectivity index (χ4n) is 2.77. The minimum absolute atomic E-state index is 0.237. The number of nitrogens with zero attached hydrogens (tertiary/aromatic N) is 2. The summed E-state index contributed by atoms with van der Waals surface area (Å²) in [6.07, 6.45) is 0. The molecule has 1 aromatic heterocycles. The van der Waals surface area contributed by atoms with E-state index in [9.17, 15) is 4.39 Å². The maximum atomic E-state index is 13.3. The second-order valence-electron chi connectivity index (χ2n) is 5.68. The van der Waals surface area contributed by atoms with Gasteiger partial charge in [0.05, 0.1) is 0 Å². The predicted molar refractivity (Wildman–Crippen MR) is 95.7 cm³/mol. The van der Waals surface area contributed by atoms with Crippen molar-refractivity contribution in [2.75, 3.05) is 0 Å². The van der Waals surface area contributed by atoms with Crippen molar-refractivity contribution in [3.05, 3.63) is 90.2 Å². The van der Waals surface area contributed by atoms with Gasteiger partial charge >= 0.3 is 0 Å². The Morgan fingerprint density at radius 2 is 1.52 bits per heavy atom. The first-order valence-electron chi connectivity index (χ1n) is 7.99. The van der Waals surface area contributed by atoms with Crippen molar-refractivity contribution in [2.45, 2.75) is 6.61 Å². The van der Waals surface area contributed by atoms with Crippen LogP contribution in [-0.4, -0.2) is 10.2 Å². The lowest BCUT2D eigenvalue weighted by Gasteiger charge is -2.10. The summed E-state index contributed by atoms with van der Waals surface area (Å²) in [5.74, 6) is 0.163. The summed E-state index contributed by atoms with van der Waals surface area (Å²) in [5.41, 5.74) is 2.57. The van der Waals surface area contributed by atoms with Gasteiger partial charge in [-0.15, -0.1) is 10.2 Å². The Hall–Kier alpha value is -3.27. The molecule has 3 aromatic carbocycles. The van der Waals surface area contributed by atoms with Crippen LogP contribution in [0.4, 0.5) is 4.39 Å². The molecule has 1 heterocycles. The van der Waals surface area contributed by atoms with E-state index >= 15 is 0 Å². The SMILES string of the molecule is Fc1cccc(COc2nnc(-c3ccccc3)c3ccccc23)c1. The molecule has 0 saturated carbocycles. The first kappa shape index (κ1) is 15.3. The van der Waals surface area contributed by atoms with Crippen LogP contribution in [0.5, 0.6) is 5.88 Å². The number of benzene rings is 3. The fourth-order valence-corrected chi connectivity index (χ4v) is 2.77. The second-order valence-corrected chi connectivity index (χ2v) is 5.68. The number of hydrogen-bond donors (Lipinski definition) is 0. The van der Waals surface area contributed by atoms with Gasteiger partial charge in [-0.3, -0.25) is 0 Å². The van der Waals surface area contributed by atoms with E-state index in [1.165, 1.54) is 12.1 Å². The van der Waals surface area contributed by atoms with Gasteiger partial charge in [-0.25, -0.2) is 4.39 Å². The van der Waals surface area contributed by atoms with Crippen molar-refractivity contribution in [2.24, 2.45) is 0 Å². The van der Waals surface area contributed by atoms with E-state index in [4.69, 9.17) is 4.74 Å². The summed E-state index contributed by atoms with van der Waals surface area (Å²) < 4.78 is 19.1. The smallest absolute Gasteiger partial charge is 0.241 e. The largest absolute Gasteiger partial charge is 0.471 e. The first-order chi connectivity index (χ1) is 12.3. The van der Waals surface area contributed by atoms with Gasteiger partial charge in [-0.2, -0.15) is 0 Å². The number of hydrogen-bond acceptors (Lipinski definition) is 3. The van der Waals surface area contributed by atoms with Gasteiger partial charge in [0.1, 0.15) is 18.1 Å². The quantitative estimate of drug-likeness (QED) is 0.527. The van der Waals surface area contributed by atoms with Crippen molar-refractivity contribution in [1.29, 1.82) is 0 Å². The van der Waals surface area contributed by atoms with E-state index < -0.39 is 0 Å². The van der Waals surface area contributed by atoms with Crippen LogP contribution in [0.15, 0.2) is 78.9 Å². The van der Waals surface area contributed by atoms with Crippen molar-refractivity contribution in [1.82, 2.24) is 10.2 Å². The molecule has 0 saturated heterocycles. The molecule has 4 heteroatoms. The van der Waals surface area contributed by atoms with Crippen LogP contribution in [0.25, 0.3) is 22.0 Å². The molecule has 0 aliphatic carbocycles. The third kappa shape index (κ3) is 3.19. The van der Waals surface area contributed by atoms with Gasteiger partial charge in [0.2, 0.25) is 5.88 Å². The van der Waals surface area contributed by atoms with E-state index in [2.05, 4.69) is 10.2 Å². The first-order valence-corrected chi connectivity index (χ1v) is 7.99. The molecule has 3 nitrogen and oxygen atoms in total. The summed E-state index contributed by atoms with van der Waals surface area (Å²) in [6.45, 7) is 0.237. The van der Waals surface area contributed by atoms with Crippen LogP contribution in [0.3, 0.4) is 0 Å². The molecule has 4 aromatic rings. The van der Waals surface area contributed by atoms with Crippen molar-refractivity contribution >= 4 is 10.8 Å². The minimum Gasteiger partial charge on any atom is -0.471 e. The molecule has 122 valence electrons. The number of aromatic nitrogens is 2. The molecule has 0 atom stereocenters. The molecule has 0 spiro atoms. The lowest BCUT2D eigenvalue weighted by molar-refractivity contribution is 0.294. The lowest BCUT2D eigenvalue weighted by Crippen LogP contribution is -2.01. The average Bonchev–Trinajstić information content (AvgIpc) is 2.67. The third-order valence-corrected chi connectivity index (χ3v) is 3.97. The summed E-state index contributed by atoms with van der Waals surface area (Å²) in [7, 11) is 0. The normalized spacial score (nSPS) is 10.8. The maximum absolute atomic E-state index is 13.3. The molecule has 0 radical (unpaired) electrons. The van der Waals surface area contributed by atoms with Gasteiger partial charge in [0.15, 0.2) is 0 Å². The number of ether oxygens (including phenoxy) is 1. The fraction of sp³-hybridized carbons (Fsp3) is 0.0476. The Morgan fingerprint density at radius 1 is 0.760 bits per heavy atom. The van der Waals surface area contributed by atoms with E-state index in [-0.39, 0.29) is 12.4 Å². The number of rotatable bonds is 4. The van der Waals surface area contributed by atoms with Crippen LogP contribution in [0.2, 0.25) is 0 Å². The second kappa shape index (κ2) is 6.69. The Kier molecular flexibility index (Phi) is 4.09. The Bertz CT molecular complexity index is 1020. The molecule has 0 amide bonds. The highest BCUT2D eigenvalue weighted by molar-refractivity contribution is 5.96. The molecule has 25 heavy (non-hydrogen) atoms. The Labute approximate surface area is 144 Å². The molecule has 0 fully saturated rings. The van der Waals surface area contributed by atoms with Gasteiger partial charge < -0.3 is 4.74 Å². The van der Waals surface area contributed by atoms with Crippen molar-refractivity contribution in [3.63, 3.8) is 0 Å². The molecular formula is C21H15FN2O. The van der Waals surface area contributed by atoms with Crippen molar-refractivity contribution < 1.29 is 9.13 Å². The molecule has 0 aliphatic heterocycles. The van der Waals surface area contributed by atoms with Crippen molar-refractivity contribution in [3.8, 4) is 17.1 Å². The third-order valence-electron chi connectivity index (χ3n) is 3.97. The highest BCUT2D eigenvalue weighted by atomic mass is 19.1. The molecular weight excluding hydrogens is 315 g/mol. The van der Waals surface area contributed by atoms with Gasteiger partial charge in [0.25, 0.3) is 0 Å².